The van der Waals surface area contributed by atoms with Crippen molar-refractivity contribution < 1.29 is 4.79 Å². The van der Waals surface area contributed by atoms with Crippen molar-refractivity contribution in [2.45, 2.75) is 32.2 Å². The van der Waals surface area contributed by atoms with Gasteiger partial charge in [-0.3, -0.25) is 9.59 Å². The van der Waals surface area contributed by atoms with E-state index in [1.807, 2.05) is 0 Å². The number of amides is 1. The molecule has 26 heavy (non-hydrogen) atoms. The molecule has 6 nitrogen and oxygen atoms in total. The van der Waals surface area contributed by atoms with Crippen LogP contribution in [0.15, 0.2) is 35.3 Å². The number of hydrogen-bond donors (Lipinski definition) is 1. The molecule has 2 heterocycles. The third kappa shape index (κ3) is 4.02. The van der Waals surface area contributed by atoms with Crippen molar-refractivity contribution in [3.63, 3.8) is 0 Å². The van der Waals surface area contributed by atoms with Gasteiger partial charge in [0.05, 0.1) is 11.9 Å². The van der Waals surface area contributed by atoms with Gasteiger partial charge in [-0.1, -0.05) is 23.2 Å². The Morgan fingerprint density at radius 3 is 2.46 bits per heavy atom. The minimum Gasteiger partial charge on any atom is -0.369 e. The Kier molecular flexibility index (Phi) is 5.84. The van der Waals surface area contributed by atoms with Gasteiger partial charge in [-0.2, -0.15) is 5.10 Å². The number of benzene rings is 1. The Balaban J connectivity index is 1.79. The number of nitrogens with one attached hydrogen (secondary N) is 1. The van der Waals surface area contributed by atoms with E-state index in [4.69, 9.17) is 23.2 Å². The average Bonchev–Trinajstić information content (AvgIpc) is 2.66. The van der Waals surface area contributed by atoms with Crippen molar-refractivity contribution in [3.8, 4) is 0 Å². The molecule has 1 aromatic carbocycles. The quantitative estimate of drug-likeness (QED) is 0.857. The van der Waals surface area contributed by atoms with Crippen LogP contribution in [0.5, 0.6) is 0 Å². The van der Waals surface area contributed by atoms with E-state index in [-0.39, 0.29) is 10.9 Å². The van der Waals surface area contributed by atoms with Gasteiger partial charge in [0.2, 0.25) is 5.91 Å². The molecule has 8 heteroatoms. The number of aromatic nitrogens is 2. The molecular weight excluding hydrogens is 375 g/mol. The second-order valence-electron chi connectivity index (χ2n) is 6.31. The van der Waals surface area contributed by atoms with Crippen LogP contribution in [0.25, 0.3) is 0 Å². The monoisotopic (exact) mass is 394 g/mol. The topological polar surface area (TPSA) is 67.2 Å². The van der Waals surface area contributed by atoms with Crippen molar-refractivity contribution in [1.29, 1.82) is 0 Å². The van der Waals surface area contributed by atoms with Gasteiger partial charge in [0.1, 0.15) is 11.1 Å². The summed E-state index contributed by atoms with van der Waals surface area (Å²) in [5, 5.41) is 7.61. The lowest BCUT2D eigenvalue weighted by Crippen LogP contribution is -2.36. The first-order valence-corrected chi connectivity index (χ1v) is 9.31. The van der Waals surface area contributed by atoms with E-state index in [0.717, 1.165) is 30.6 Å². The molecule has 1 aromatic heterocycles. The third-order valence-electron chi connectivity index (χ3n) is 4.48. The average molecular weight is 395 g/mol. The van der Waals surface area contributed by atoms with Crippen LogP contribution in [0.2, 0.25) is 10.0 Å². The molecule has 3 rings (SSSR count). The van der Waals surface area contributed by atoms with E-state index >= 15 is 0 Å². The van der Waals surface area contributed by atoms with Crippen LogP contribution in [0.4, 0.5) is 11.4 Å². The molecule has 1 aliphatic rings. The molecule has 0 spiro atoms. The van der Waals surface area contributed by atoms with Gasteiger partial charge in [-0.05, 0) is 50.5 Å². The SMILES string of the molecule is C[C@H](C(=O)Nc1ccc(Cl)cc1)n1ncc(N2CCCCC2)c(Cl)c1=O. The normalized spacial score (nSPS) is 15.6. The van der Waals surface area contributed by atoms with Crippen molar-refractivity contribution in [2.75, 3.05) is 23.3 Å². The molecule has 1 atom stereocenters. The number of halogens is 2. The number of hydrogen-bond acceptors (Lipinski definition) is 4. The van der Waals surface area contributed by atoms with Gasteiger partial charge in [-0.15, -0.1) is 0 Å². The molecule has 0 radical (unpaired) electrons. The summed E-state index contributed by atoms with van der Waals surface area (Å²) >= 11 is 12.1. The van der Waals surface area contributed by atoms with Gasteiger partial charge in [0.15, 0.2) is 0 Å². The van der Waals surface area contributed by atoms with Crippen molar-refractivity contribution in [2.24, 2.45) is 0 Å². The fourth-order valence-electron chi connectivity index (χ4n) is 2.96. The zero-order valence-corrected chi connectivity index (χ0v) is 15.9. The highest BCUT2D eigenvalue weighted by Crippen LogP contribution is 2.25. The lowest BCUT2D eigenvalue weighted by atomic mass is 10.1. The summed E-state index contributed by atoms with van der Waals surface area (Å²) in [6.45, 7) is 3.32. The molecule has 1 amide bonds. The lowest BCUT2D eigenvalue weighted by Gasteiger charge is -2.29. The Labute approximate surface area is 161 Å². The Morgan fingerprint density at radius 1 is 1.15 bits per heavy atom. The molecular formula is C18H20Cl2N4O2. The maximum atomic E-state index is 12.6. The molecule has 0 saturated carbocycles. The zero-order chi connectivity index (χ0) is 18.7. The summed E-state index contributed by atoms with van der Waals surface area (Å²) in [6.07, 6.45) is 4.89. The molecule has 1 saturated heterocycles. The maximum absolute atomic E-state index is 12.6. The predicted molar refractivity (Wildman–Crippen MR) is 104 cm³/mol. The lowest BCUT2D eigenvalue weighted by molar-refractivity contribution is -0.119. The van der Waals surface area contributed by atoms with E-state index in [1.54, 1.807) is 37.4 Å². The van der Waals surface area contributed by atoms with Crippen molar-refractivity contribution in [3.05, 3.63) is 50.9 Å². The number of piperidine rings is 1. The molecule has 0 aliphatic carbocycles. The highest BCUT2D eigenvalue weighted by atomic mass is 35.5. The van der Waals surface area contributed by atoms with Gasteiger partial charge < -0.3 is 10.2 Å². The predicted octanol–water partition coefficient (Wildman–Crippen LogP) is 3.74. The van der Waals surface area contributed by atoms with E-state index in [9.17, 15) is 9.59 Å². The first kappa shape index (κ1) is 18.7. The van der Waals surface area contributed by atoms with E-state index in [1.165, 1.54) is 6.42 Å². The van der Waals surface area contributed by atoms with Gasteiger partial charge >= 0.3 is 0 Å². The second-order valence-corrected chi connectivity index (χ2v) is 7.13. The van der Waals surface area contributed by atoms with Crippen LogP contribution in [0, 0.1) is 0 Å². The number of carbonyl (C=O) groups is 1. The highest BCUT2D eigenvalue weighted by Gasteiger charge is 2.22. The summed E-state index contributed by atoms with van der Waals surface area (Å²) in [6, 6.07) is 5.93. The standard InChI is InChI=1S/C18H20Cl2N4O2/c1-12(17(25)22-14-7-5-13(19)6-8-14)24-18(26)16(20)15(11-21-24)23-9-3-2-4-10-23/h5-8,11-12H,2-4,9-10H2,1H3,(H,22,25)/t12-/m1/s1. The summed E-state index contributed by atoms with van der Waals surface area (Å²) in [7, 11) is 0. The fraction of sp³-hybridized carbons (Fsp3) is 0.389. The molecule has 0 bridgehead atoms. The zero-order valence-electron chi connectivity index (χ0n) is 14.4. The van der Waals surface area contributed by atoms with Crippen LogP contribution < -0.4 is 15.8 Å². The summed E-state index contributed by atoms with van der Waals surface area (Å²) in [4.78, 5) is 27.1. The van der Waals surface area contributed by atoms with E-state index in [2.05, 4.69) is 15.3 Å². The number of nitrogens with zero attached hydrogens (tertiary/aromatic N) is 3. The Hall–Kier alpha value is -2.05. The molecule has 1 aliphatic heterocycles. The van der Waals surface area contributed by atoms with Crippen LogP contribution in [0.3, 0.4) is 0 Å². The van der Waals surface area contributed by atoms with Crippen molar-refractivity contribution >= 4 is 40.5 Å². The van der Waals surface area contributed by atoms with Crippen LogP contribution in [-0.2, 0) is 4.79 Å². The minimum absolute atomic E-state index is 0.105. The van der Waals surface area contributed by atoms with Gasteiger partial charge in [0, 0.05) is 23.8 Å². The fourth-order valence-corrected chi connectivity index (χ4v) is 3.34. The first-order chi connectivity index (χ1) is 12.5. The molecule has 138 valence electrons. The first-order valence-electron chi connectivity index (χ1n) is 8.56. The summed E-state index contributed by atoms with van der Waals surface area (Å²) in [5.41, 5.74) is 0.766. The van der Waals surface area contributed by atoms with Gasteiger partial charge in [0.25, 0.3) is 5.56 Å². The smallest absolute Gasteiger partial charge is 0.288 e. The number of carbonyl (C=O) groups excluding carboxylic acids is 1. The second kappa shape index (κ2) is 8.10. The summed E-state index contributed by atoms with van der Waals surface area (Å²) < 4.78 is 1.11. The van der Waals surface area contributed by atoms with Crippen LogP contribution >= 0.6 is 23.2 Å². The molecule has 2 aromatic rings. The number of rotatable bonds is 4. The van der Waals surface area contributed by atoms with Crippen molar-refractivity contribution in [1.82, 2.24) is 9.78 Å². The van der Waals surface area contributed by atoms with Gasteiger partial charge in [-0.25, -0.2) is 4.68 Å². The van der Waals surface area contributed by atoms with Crippen LogP contribution in [0.1, 0.15) is 32.2 Å². The Bertz CT molecular complexity index is 845. The maximum Gasteiger partial charge on any atom is 0.288 e. The Morgan fingerprint density at radius 2 is 1.81 bits per heavy atom. The molecule has 1 fully saturated rings. The minimum atomic E-state index is -0.800. The third-order valence-corrected chi connectivity index (χ3v) is 5.09. The highest BCUT2D eigenvalue weighted by molar-refractivity contribution is 6.33. The number of anilines is 2. The van der Waals surface area contributed by atoms with E-state index < -0.39 is 11.6 Å². The summed E-state index contributed by atoms with van der Waals surface area (Å²) in [5.74, 6) is -0.358. The largest absolute Gasteiger partial charge is 0.369 e. The molecule has 1 N–H and O–H groups in total. The molecule has 0 unspecified atom stereocenters. The van der Waals surface area contributed by atoms with E-state index in [0.29, 0.717) is 16.4 Å². The van der Waals surface area contributed by atoms with Crippen LogP contribution in [-0.4, -0.2) is 28.8 Å².